The van der Waals surface area contributed by atoms with Crippen LogP contribution in [-0.2, 0) is 6.54 Å². The van der Waals surface area contributed by atoms with Crippen LogP contribution in [0.4, 0.5) is 0 Å². The number of nitrogens with one attached hydrogen (secondary N) is 1. The average molecular weight is 441 g/mol. The molecule has 0 aliphatic heterocycles. The van der Waals surface area contributed by atoms with Gasteiger partial charge in [-0.25, -0.2) is 4.79 Å². The number of benzene rings is 3. The zero-order valence-electron chi connectivity index (χ0n) is 18.4. The highest BCUT2D eigenvalue weighted by Gasteiger charge is 2.22. The molecule has 0 fully saturated rings. The first-order valence-electron chi connectivity index (χ1n) is 10.6. The first-order valence-corrected chi connectivity index (χ1v) is 10.6. The Labute approximate surface area is 191 Å². The van der Waals surface area contributed by atoms with Crippen LogP contribution in [0, 0.1) is 6.92 Å². The van der Waals surface area contributed by atoms with Crippen LogP contribution >= 0.6 is 0 Å². The summed E-state index contributed by atoms with van der Waals surface area (Å²) in [6.45, 7) is 3.79. The predicted octanol–water partition coefficient (Wildman–Crippen LogP) is 3.24. The van der Waals surface area contributed by atoms with E-state index in [1.54, 1.807) is 12.1 Å². The van der Waals surface area contributed by atoms with Crippen LogP contribution in [-0.4, -0.2) is 20.3 Å². The summed E-state index contributed by atoms with van der Waals surface area (Å²) in [5.74, 6) is -0.640. The third-order valence-electron chi connectivity index (χ3n) is 5.38. The van der Waals surface area contributed by atoms with Crippen molar-refractivity contribution in [2.45, 2.75) is 26.4 Å². The van der Waals surface area contributed by atoms with Gasteiger partial charge < -0.3 is 5.32 Å². The molecule has 0 spiro atoms. The van der Waals surface area contributed by atoms with Crippen molar-refractivity contribution in [3.63, 3.8) is 0 Å². The molecule has 0 saturated carbocycles. The lowest BCUT2D eigenvalue weighted by Crippen LogP contribution is -2.46. The molecule has 33 heavy (non-hydrogen) atoms. The number of rotatable bonds is 6. The molecule has 7 heteroatoms. The molecule has 7 nitrogen and oxygen atoms in total. The van der Waals surface area contributed by atoms with Crippen molar-refractivity contribution >= 4 is 5.91 Å². The molecule has 3 aromatic carbocycles. The Morgan fingerprint density at radius 2 is 1.52 bits per heavy atom. The molecule has 0 aliphatic carbocycles. The van der Waals surface area contributed by atoms with Gasteiger partial charge in [-0.05, 0) is 37.1 Å². The summed E-state index contributed by atoms with van der Waals surface area (Å²) in [6, 6.07) is 25.4. The molecule has 0 bridgehead atoms. The lowest BCUT2D eigenvalue weighted by Gasteiger charge is -2.16. The molecule has 1 atom stereocenters. The minimum atomic E-state index is -0.732. The van der Waals surface area contributed by atoms with Crippen LogP contribution in [0.1, 0.15) is 40.1 Å². The maximum atomic E-state index is 13.2. The maximum Gasteiger partial charge on any atom is 0.352 e. The highest BCUT2D eigenvalue weighted by atomic mass is 16.2. The lowest BCUT2D eigenvalue weighted by molar-refractivity contribution is 0.0930. The Hall–Kier alpha value is -4.26. The first kappa shape index (κ1) is 22.0. The second kappa shape index (κ2) is 9.48. The predicted molar refractivity (Wildman–Crippen MR) is 127 cm³/mol. The fourth-order valence-electron chi connectivity index (χ4n) is 3.51. The van der Waals surface area contributed by atoms with Crippen molar-refractivity contribution in [2.75, 3.05) is 0 Å². The van der Waals surface area contributed by atoms with Crippen LogP contribution in [0.25, 0.3) is 5.69 Å². The number of hydrogen-bond donors (Lipinski definition) is 1. The summed E-state index contributed by atoms with van der Waals surface area (Å²) in [5, 5.41) is 7.00. The summed E-state index contributed by atoms with van der Waals surface area (Å²) < 4.78 is 2.15. The SMILES string of the molecule is Cc1ccc(-n2nc(C(=O)N[C@@H](C)c3ccccc3)c(=O)n(Cc3ccccc3)c2=O)cc1. The van der Waals surface area contributed by atoms with Gasteiger partial charge in [-0.1, -0.05) is 78.4 Å². The molecule has 0 saturated heterocycles. The topological polar surface area (TPSA) is 86.0 Å². The van der Waals surface area contributed by atoms with Gasteiger partial charge >= 0.3 is 5.69 Å². The van der Waals surface area contributed by atoms with E-state index in [-0.39, 0.29) is 18.3 Å². The van der Waals surface area contributed by atoms with Gasteiger partial charge in [-0.3, -0.25) is 14.2 Å². The number of carbonyl (C=O) groups excluding carboxylic acids is 1. The summed E-state index contributed by atoms with van der Waals surface area (Å²) >= 11 is 0. The van der Waals surface area contributed by atoms with E-state index in [2.05, 4.69) is 10.4 Å². The van der Waals surface area contributed by atoms with Crippen molar-refractivity contribution in [3.05, 3.63) is 128 Å². The minimum Gasteiger partial charge on any atom is -0.344 e. The standard InChI is InChI=1S/C26H24N4O3/c1-18-13-15-22(16-14-18)30-26(33)29(17-20-9-5-3-6-10-20)25(32)23(28-30)24(31)27-19(2)21-11-7-4-8-12-21/h3-16,19H,17H2,1-2H3,(H,27,31)/t19-/m0/s1. The highest BCUT2D eigenvalue weighted by molar-refractivity contribution is 5.92. The zero-order valence-corrected chi connectivity index (χ0v) is 18.4. The average Bonchev–Trinajstić information content (AvgIpc) is 2.83. The Balaban J connectivity index is 1.80. The Bertz CT molecular complexity index is 1380. The van der Waals surface area contributed by atoms with Gasteiger partial charge in [-0.2, -0.15) is 9.78 Å². The van der Waals surface area contributed by atoms with Crippen molar-refractivity contribution < 1.29 is 4.79 Å². The normalized spacial score (nSPS) is 11.7. The van der Waals surface area contributed by atoms with Crippen LogP contribution in [0.3, 0.4) is 0 Å². The molecule has 0 unspecified atom stereocenters. The smallest absolute Gasteiger partial charge is 0.344 e. The summed E-state index contributed by atoms with van der Waals surface area (Å²) in [4.78, 5) is 39.5. The first-order chi connectivity index (χ1) is 15.9. The van der Waals surface area contributed by atoms with Gasteiger partial charge in [0.05, 0.1) is 18.3 Å². The van der Waals surface area contributed by atoms with E-state index in [0.29, 0.717) is 5.69 Å². The minimum absolute atomic E-state index is 0.0292. The van der Waals surface area contributed by atoms with Crippen LogP contribution < -0.4 is 16.6 Å². The van der Waals surface area contributed by atoms with E-state index in [1.807, 2.05) is 86.6 Å². The van der Waals surface area contributed by atoms with Crippen LogP contribution in [0.5, 0.6) is 0 Å². The number of carbonyl (C=O) groups is 1. The molecule has 1 heterocycles. The Morgan fingerprint density at radius 3 is 2.15 bits per heavy atom. The van der Waals surface area contributed by atoms with E-state index in [0.717, 1.165) is 25.9 Å². The van der Waals surface area contributed by atoms with Gasteiger partial charge in [0.2, 0.25) is 5.69 Å². The van der Waals surface area contributed by atoms with Crippen molar-refractivity contribution in [2.24, 2.45) is 0 Å². The number of amides is 1. The fraction of sp³-hybridized carbons (Fsp3) is 0.154. The van der Waals surface area contributed by atoms with Gasteiger partial charge in [0.25, 0.3) is 11.5 Å². The maximum absolute atomic E-state index is 13.2. The van der Waals surface area contributed by atoms with E-state index in [4.69, 9.17) is 0 Å². The molecular formula is C26H24N4O3. The molecule has 4 aromatic rings. The summed E-state index contributed by atoms with van der Waals surface area (Å²) in [5.41, 5.74) is 1.46. The molecule has 0 radical (unpaired) electrons. The summed E-state index contributed by atoms with van der Waals surface area (Å²) in [6.07, 6.45) is 0. The van der Waals surface area contributed by atoms with E-state index in [9.17, 15) is 14.4 Å². The van der Waals surface area contributed by atoms with E-state index >= 15 is 0 Å². The number of aromatic nitrogens is 3. The van der Waals surface area contributed by atoms with Gasteiger partial charge in [-0.15, -0.1) is 0 Å². The molecule has 4 rings (SSSR count). The Kier molecular flexibility index (Phi) is 6.31. The molecule has 166 valence electrons. The quantitative estimate of drug-likeness (QED) is 0.499. The second-order valence-corrected chi connectivity index (χ2v) is 7.86. The van der Waals surface area contributed by atoms with Gasteiger partial charge in [0.1, 0.15) is 0 Å². The molecule has 0 aliphatic rings. The third-order valence-corrected chi connectivity index (χ3v) is 5.38. The Morgan fingerprint density at radius 1 is 0.909 bits per heavy atom. The van der Waals surface area contributed by atoms with Crippen LogP contribution in [0.15, 0.2) is 94.5 Å². The number of aryl methyl sites for hydroxylation is 1. The zero-order chi connectivity index (χ0) is 23.4. The van der Waals surface area contributed by atoms with E-state index < -0.39 is 17.2 Å². The molecule has 1 amide bonds. The van der Waals surface area contributed by atoms with Gasteiger partial charge in [0.15, 0.2) is 0 Å². The monoisotopic (exact) mass is 440 g/mol. The van der Waals surface area contributed by atoms with E-state index in [1.165, 1.54) is 0 Å². The summed E-state index contributed by atoms with van der Waals surface area (Å²) in [7, 11) is 0. The van der Waals surface area contributed by atoms with Crippen molar-refractivity contribution in [3.8, 4) is 5.69 Å². The molecule has 1 aromatic heterocycles. The second-order valence-electron chi connectivity index (χ2n) is 7.86. The fourth-order valence-corrected chi connectivity index (χ4v) is 3.51. The molecule has 1 N–H and O–H groups in total. The number of hydrogen-bond acceptors (Lipinski definition) is 4. The van der Waals surface area contributed by atoms with Gasteiger partial charge in [0, 0.05) is 0 Å². The van der Waals surface area contributed by atoms with Crippen molar-refractivity contribution in [1.29, 1.82) is 0 Å². The van der Waals surface area contributed by atoms with Crippen molar-refractivity contribution in [1.82, 2.24) is 19.7 Å². The largest absolute Gasteiger partial charge is 0.352 e. The lowest BCUT2D eigenvalue weighted by atomic mass is 10.1. The van der Waals surface area contributed by atoms with Crippen LogP contribution in [0.2, 0.25) is 0 Å². The molecular weight excluding hydrogens is 416 g/mol. The number of nitrogens with zero attached hydrogens (tertiary/aromatic N) is 3. The highest BCUT2D eigenvalue weighted by Crippen LogP contribution is 2.12. The third kappa shape index (κ3) is 4.82.